The maximum atomic E-state index is 17.6. The molecule has 4 N–H and O–H groups in total. The van der Waals surface area contributed by atoms with Crippen molar-refractivity contribution >= 4 is 143 Å². The van der Waals surface area contributed by atoms with E-state index in [4.69, 9.17) is 34.8 Å². The van der Waals surface area contributed by atoms with Crippen molar-refractivity contribution in [1.29, 1.82) is 0 Å². The highest BCUT2D eigenvalue weighted by Crippen LogP contribution is 2.54. The lowest BCUT2D eigenvalue weighted by molar-refractivity contribution is -0.132. The fraction of sp³-hybridized carbons (Fsp3) is 0.318. The molecule has 3 fully saturated rings. The predicted octanol–water partition coefficient (Wildman–Crippen LogP) is 16.5. The number of aliphatic hydroxyl groups is 1. The van der Waals surface area contributed by atoms with Gasteiger partial charge >= 0.3 is 0 Å². The highest BCUT2D eigenvalue weighted by molar-refractivity contribution is 6.36. The van der Waals surface area contributed by atoms with Gasteiger partial charge in [0.2, 0.25) is 17.7 Å². The number of halogens is 9. The number of likely N-dealkylation sites (N-methyl/N-ethyl adjacent to an activating group) is 3. The minimum Gasteiger partial charge on any atom is -0.507 e. The lowest BCUT2D eigenvalue weighted by Crippen LogP contribution is -2.67. The molecule has 12 aromatic rings. The SMILES string of the molecule is C=CC(=O)N1CC2C(=O)N(C)c3c(c4cc(Cl)c(-c5c(O)cccc5F)c(F)c4n(-c4c(C(C)C)cccc4N(C)C)c3=O)N2CC1C.C=CC(=O)N1CC2C(=O)N(C)c3c(c4cc(Cl)c(-c5c(O)cccc5F)c(F)c4n(-c4c(CO)ccnc4C(C)C)c3=O)N2CC1C.C=CC(=O)N1CC2C(=O)N(CCN(C)C)c3c(c4cc(Cl)c(-c5c(O)cccc5F)c(F)c4n(-c4c(C)ccnc4C(C)C)c3=O)N2CC1C. The third kappa shape index (κ3) is 17.1. The molecule has 5 aromatic heterocycles. The van der Waals surface area contributed by atoms with Gasteiger partial charge in [-0.1, -0.05) is 126 Å². The van der Waals surface area contributed by atoms with Crippen molar-refractivity contribution in [2.45, 2.75) is 130 Å². The Morgan fingerprint density at radius 1 is 0.448 bits per heavy atom. The molecule has 6 amide bonds. The number of phenols is 3. The van der Waals surface area contributed by atoms with Crippen LogP contribution in [0.2, 0.25) is 15.1 Å². The fourth-order valence-electron chi connectivity index (χ4n) is 20.9. The Balaban J connectivity index is 0.000000156. The number of aromatic nitrogens is 5. The molecule has 11 heterocycles. The fourth-order valence-corrected chi connectivity index (χ4v) is 21.8. The molecule has 145 heavy (non-hydrogen) atoms. The minimum atomic E-state index is -1.11. The first-order valence-electron chi connectivity index (χ1n) is 46.9. The highest BCUT2D eigenvalue weighted by atomic mass is 35.5. The minimum absolute atomic E-state index is 0.00391. The van der Waals surface area contributed by atoms with E-state index in [-0.39, 0.29) is 180 Å². The molecule has 0 saturated carbocycles. The number of phenolic OH excluding ortho intramolecular Hbond substituents is 3. The van der Waals surface area contributed by atoms with Crippen LogP contribution in [-0.2, 0) is 35.4 Å². The summed E-state index contributed by atoms with van der Waals surface area (Å²) in [5, 5.41) is 42.4. The van der Waals surface area contributed by atoms with Crippen LogP contribution >= 0.6 is 34.8 Å². The summed E-state index contributed by atoms with van der Waals surface area (Å²) >= 11 is 20.4. The van der Waals surface area contributed by atoms with Gasteiger partial charge in [-0.15, -0.1) is 0 Å². The Hall–Kier alpha value is -14.5. The lowest BCUT2D eigenvalue weighted by atomic mass is 9.94. The van der Waals surface area contributed by atoms with Crippen LogP contribution in [0.3, 0.4) is 0 Å². The van der Waals surface area contributed by atoms with Gasteiger partial charge in [0.25, 0.3) is 34.4 Å². The van der Waals surface area contributed by atoms with E-state index in [1.165, 1.54) is 128 Å². The number of aromatic hydroxyl groups is 3. The summed E-state index contributed by atoms with van der Waals surface area (Å²) in [5.74, 6) is -10.5. The number of rotatable bonds is 17. The van der Waals surface area contributed by atoms with E-state index in [0.717, 1.165) is 28.3 Å². The topological polar surface area (TPSA) is 311 Å². The van der Waals surface area contributed by atoms with Crippen molar-refractivity contribution in [2.24, 2.45) is 0 Å². The van der Waals surface area contributed by atoms with Gasteiger partial charge in [0, 0.05) is 130 Å². The molecular weight excluding hydrogens is 1940 g/mol. The smallest absolute Gasteiger partial charge is 0.281 e. The molecule has 756 valence electrons. The third-order valence-electron chi connectivity index (χ3n) is 27.8. The number of hydrogen-bond acceptors (Lipinski definition) is 20. The Bertz CT molecular complexity index is 7620. The lowest BCUT2D eigenvalue weighted by Gasteiger charge is -2.50. The Labute approximate surface area is 845 Å². The first-order valence-corrected chi connectivity index (χ1v) is 48.1. The number of hydrogen-bond donors (Lipinski definition) is 4. The maximum absolute atomic E-state index is 17.6. The van der Waals surface area contributed by atoms with Crippen molar-refractivity contribution in [2.75, 3.05) is 129 Å². The summed E-state index contributed by atoms with van der Waals surface area (Å²) in [5.41, 5.74) is -1.00. The molecule has 29 nitrogen and oxygen atoms in total. The number of anilines is 7. The summed E-state index contributed by atoms with van der Waals surface area (Å²) < 4.78 is 102. The molecule has 6 aliphatic rings. The zero-order chi connectivity index (χ0) is 105. The van der Waals surface area contributed by atoms with E-state index in [0.29, 0.717) is 40.6 Å². The molecule has 0 aliphatic carbocycles. The normalized spacial score (nSPS) is 17.6. The van der Waals surface area contributed by atoms with Crippen LogP contribution in [0.25, 0.3) is 83.2 Å². The van der Waals surface area contributed by atoms with Crippen LogP contribution in [0.5, 0.6) is 17.2 Å². The first kappa shape index (κ1) is 103. The summed E-state index contributed by atoms with van der Waals surface area (Å²) in [6.07, 6.45) is 6.63. The number of carbonyl (C=O) groups excluding carboxylic acids is 6. The molecule has 7 aromatic carbocycles. The van der Waals surface area contributed by atoms with Crippen LogP contribution in [0, 0.1) is 41.8 Å². The van der Waals surface area contributed by atoms with Crippen LogP contribution in [0.4, 0.5) is 66.2 Å². The maximum Gasteiger partial charge on any atom is 0.281 e. The second-order valence-corrected chi connectivity index (χ2v) is 39.5. The number of aryl methyl sites for hydroxylation is 1. The number of nitrogens with zero attached hydrogens (tertiary/aromatic N) is 16. The summed E-state index contributed by atoms with van der Waals surface area (Å²) in [6.45, 7) is 29.7. The number of amides is 6. The highest BCUT2D eigenvalue weighted by Gasteiger charge is 2.52. The molecular formula is C107H107Cl3F6N16O13. The van der Waals surface area contributed by atoms with Crippen LogP contribution < -0.4 is 51.0 Å². The van der Waals surface area contributed by atoms with Gasteiger partial charge in [0.05, 0.1) is 126 Å². The molecule has 38 heteroatoms. The molecule has 18 rings (SSSR count). The average molecular weight is 2050 g/mol. The number of fused-ring (bicyclic) bond motifs is 15. The molecule has 6 atom stereocenters. The van der Waals surface area contributed by atoms with E-state index in [2.05, 4.69) is 29.7 Å². The second kappa shape index (κ2) is 39.9. The van der Waals surface area contributed by atoms with E-state index >= 15 is 35.9 Å². The Morgan fingerprint density at radius 2 is 0.793 bits per heavy atom. The third-order valence-corrected chi connectivity index (χ3v) is 28.7. The van der Waals surface area contributed by atoms with Crippen LogP contribution in [0.15, 0.2) is 168 Å². The summed E-state index contributed by atoms with van der Waals surface area (Å²) in [7, 11) is 10.2. The quantitative estimate of drug-likeness (QED) is 0.0486. The Morgan fingerprint density at radius 3 is 1.14 bits per heavy atom. The molecule has 0 spiro atoms. The molecule has 6 aliphatic heterocycles. The van der Waals surface area contributed by atoms with E-state index < -0.39 is 157 Å². The van der Waals surface area contributed by atoms with Gasteiger partial charge in [-0.25, -0.2) is 26.3 Å². The number of pyridine rings is 5. The number of aliphatic hydroxyl groups excluding tert-OH is 1. The van der Waals surface area contributed by atoms with Crippen molar-refractivity contribution in [3.05, 3.63) is 263 Å². The molecule has 0 radical (unpaired) electrons. The largest absolute Gasteiger partial charge is 0.507 e. The number of carbonyl (C=O) groups is 6. The van der Waals surface area contributed by atoms with Gasteiger partial charge < -0.3 is 74.3 Å². The zero-order valence-corrected chi connectivity index (χ0v) is 84.7. The van der Waals surface area contributed by atoms with Gasteiger partial charge in [-0.2, -0.15) is 0 Å². The van der Waals surface area contributed by atoms with Gasteiger partial charge in [0.1, 0.15) is 69.9 Å². The van der Waals surface area contributed by atoms with E-state index in [1.54, 1.807) is 75.7 Å². The van der Waals surface area contributed by atoms with Crippen LogP contribution in [0.1, 0.15) is 108 Å². The monoisotopic (exact) mass is 2040 g/mol. The summed E-state index contributed by atoms with van der Waals surface area (Å²) in [4.78, 5) is 152. The Kier molecular flexibility index (Phi) is 28.4. The van der Waals surface area contributed by atoms with Crippen molar-refractivity contribution in [3.63, 3.8) is 0 Å². The summed E-state index contributed by atoms with van der Waals surface area (Å²) in [6, 6.07) is 19.7. The standard InChI is InChI=1S/C37H39ClF2N6O4.C36H36ClF2N5O4.C34H32ClF2N5O5/c1-8-27(48)44-18-25-36(49)43(15-14-42(6)7)35-34(45(25)17-21(44)5)22-16-23(38)28(29-24(39)10-9-11-26(29)47)30(40)33(22)46(37(35)50)32-20(4)12-13-41-31(32)19(2)3;1-8-27(46)42-17-25-35(47)41(7)34-33(43(25)16-19(42)4)21-15-22(37)28(29-23(38)12-10-14-26(29)45)30(39)32(21)44(36(34)48)31-20(18(2)3)11-9-13-24(31)40(5)6;1-6-24(45)40-14-22-33(46)39(5)32-31(41(22)13-17(40)4)19-12-20(35)25(26-21(36)8-7-9-23(26)44)27(37)30(19)42(34(32)47)29-18(15-43)10-11-38-28(29)16(2)3/h8-13,16,19,21,25,47H,1,14-15,17-18H2,2-7H3;8-15,18-19,25,45H,1,16-17H2,2-7H3;6-12,16-17,22,43-44H,1,13-15H2,2-5H3. The zero-order valence-electron chi connectivity index (χ0n) is 82.4. The van der Waals surface area contributed by atoms with Gasteiger partial charge in [-0.3, -0.25) is 66.8 Å². The van der Waals surface area contributed by atoms with E-state index in [9.17, 15) is 54.0 Å². The molecule has 6 unspecified atom stereocenters. The van der Waals surface area contributed by atoms with E-state index in [1.807, 2.05) is 86.5 Å². The molecule has 0 bridgehead atoms. The van der Waals surface area contributed by atoms with Gasteiger partial charge in [0.15, 0.2) is 17.5 Å². The van der Waals surface area contributed by atoms with Crippen molar-refractivity contribution in [3.8, 4) is 67.7 Å². The van der Waals surface area contributed by atoms with Crippen LogP contribution in [-0.4, -0.2) is 230 Å². The number of piperazine rings is 3. The van der Waals surface area contributed by atoms with Crippen molar-refractivity contribution < 1.29 is 75.5 Å². The molecule has 3 saturated heterocycles. The first-order chi connectivity index (χ1) is 68.7. The van der Waals surface area contributed by atoms with Crippen molar-refractivity contribution in [1.82, 2.24) is 43.3 Å². The number of para-hydroxylation sites is 1. The van der Waals surface area contributed by atoms with Gasteiger partial charge in [-0.05, 0) is 162 Å². The predicted molar refractivity (Wildman–Crippen MR) is 553 cm³/mol. The number of benzene rings is 7. The average Bonchev–Trinajstić information content (AvgIpc) is 0.709. The second-order valence-electron chi connectivity index (χ2n) is 38.3.